The Morgan fingerprint density at radius 3 is 2.28 bits per heavy atom. The zero-order valence-corrected chi connectivity index (χ0v) is 22.4. The van der Waals surface area contributed by atoms with Gasteiger partial charge in [0.1, 0.15) is 22.8 Å². The van der Waals surface area contributed by atoms with Gasteiger partial charge >= 0.3 is 0 Å². The molecule has 0 saturated carbocycles. The van der Waals surface area contributed by atoms with Crippen LogP contribution >= 0.6 is 12.4 Å². The molecule has 2 atom stereocenters. The van der Waals surface area contributed by atoms with Gasteiger partial charge < -0.3 is 19.1 Å². The number of methoxy groups -OCH3 is 1. The quantitative estimate of drug-likeness (QED) is 0.305. The second kappa shape index (κ2) is 11.6. The molecule has 192 valence electrons. The van der Waals surface area contributed by atoms with E-state index in [-0.39, 0.29) is 24.2 Å². The van der Waals surface area contributed by atoms with Crippen molar-refractivity contribution in [3.05, 3.63) is 89.5 Å². The van der Waals surface area contributed by atoms with E-state index in [2.05, 4.69) is 79.4 Å². The number of hydrogen-bond donors (Lipinski definition) is 0. The molecule has 0 spiro atoms. The molecule has 0 aromatic heterocycles. The SMILES string of the molecule is COc1ccc2c(c1)OC(C)(C)C(c1ccccc1)C2c1ccc(OCCCN2CCCC2)cc1.Cl. The third kappa shape index (κ3) is 5.66. The van der Waals surface area contributed by atoms with Gasteiger partial charge in [0, 0.05) is 30.0 Å². The third-order valence-corrected chi connectivity index (χ3v) is 7.50. The molecule has 0 aliphatic carbocycles. The van der Waals surface area contributed by atoms with E-state index in [0.717, 1.165) is 36.8 Å². The fourth-order valence-electron chi connectivity index (χ4n) is 5.80. The van der Waals surface area contributed by atoms with Gasteiger partial charge in [-0.1, -0.05) is 48.5 Å². The number of nitrogens with zero attached hydrogens (tertiary/aromatic N) is 1. The van der Waals surface area contributed by atoms with Crippen molar-refractivity contribution in [3.8, 4) is 17.2 Å². The summed E-state index contributed by atoms with van der Waals surface area (Å²) < 4.78 is 18.2. The number of rotatable bonds is 8. The van der Waals surface area contributed by atoms with E-state index in [0.29, 0.717) is 0 Å². The standard InChI is InChI=1S/C31H37NO3.ClH/c1-31(2)30(24-10-5-4-6-11-24)29(27-17-16-26(33-3)22-28(27)35-31)23-12-14-25(15-13-23)34-21-9-20-32-18-7-8-19-32;/h4-6,10-17,22,29-30H,7-9,18-21H2,1-3H3;1H. The van der Waals surface area contributed by atoms with Gasteiger partial charge in [0.05, 0.1) is 13.7 Å². The summed E-state index contributed by atoms with van der Waals surface area (Å²) in [7, 11) is 1.70. The number of ether oxygens (including phenoxy) is 3. The van der Waals surface area contributed by atoms with Crippen LogP contribution in [0.4, 0.5) is 0 Å². The zero-order valence-electron chi connectivity index (χ0n) is 21.6. The number of benzene rings is 3. The Morgan fingerprint density at radius 2 is 1.58 bits per heavy atom. The number of fused-ring (bicyclic) bond motifs is 1. The molecular formula is C31H38ClNO3. The van der Waals surface area contributed by atoms with Crippen molar-refractivity contribution in [2.45, 2.75) is 50.5 Å². The van der Waals surface area contributed by atoms with E-state index in [1.165, 1.54) is 42.6 Å². The molecule has 1 saturated heterocycles. The normalized spacial score (nSPS) is 20.6. The van der Waals surface area contributed by atoms with Crippen molar-refractivity contribution < 1.29 is 14.2 Å². The van der Waals surface area contributed by atoms with Gasteiger partial charge in [-0.2, -0.15) is 0 Å². The minimum Gasteiger partial charge on any atom is -0.497 e. The molecule has 5 heteroatoms. The highest BCUT2D eigenvalue weighted by atomic mass is 35.5. The minimum atomic E-state index is -0.393. The maximum atomic E-state index is 6.60. The van der Waals surface area contributed by atoms with Crippen molar-refractivity contribution in [1.29, 1.82) is 0 Å². The van der Waals surface area contributed by atoms with Crippen molar-refractivity contribution in [3.63, 3.8) is 0 Å². The molecule has 2 heterocycles. The van der Waals surface area contributed by atoms with Crippen LogP contribution in [0.3, 0.4) is 0 Å². The predicted molar refractivity (Wildman–Crippen MR) is 148 cm³/mol. The summed E-state index contributed by atoms with van der Waals surface area (Å²) in [5, 5.41) is 0. The highest BCUT2D eigenvalue weighted by molar-refractivity contribution is 5.85. The topological polar surface area (TPSA) is 30.9 Å². The van der Waals surface area contributed by atoms with E-state index in [4.69, 9.17) is 14.2 Å². The maximum absolute atomic E-state index is 6.60. The molecule has 0 bridgehead atoms. The lowest BCUT2D eigenvalue weighted by Gasteiger charge is -2.45. The first kappa shape index (κ1) is 26.4. The van der Waals surface area contributed by atoms with E-state index in [1.54, 1.807) is 7.11 Å². The van der Waals surface area contributed by atoms with Gasteiger partial charge in [0.2, 0.25) is 0 Å². The van der Waals surface area contributed by atoms with Crippen molar-refractivity contribution >= 4 is 12.4 Å². The summed E-state index contributed by atoms with van der Waals surface area (Å²) in [4.78, 5) is 2.54. The van der Waals surface area contributed by atoms with Crippen LogP contribution in [-0.2, 0) is 0 Å². The molecule has 0 N–H and O–H groups in total. The number of halogens is 1. The molecule has 36 heavy (non-hydrogen) atoms. The predicted octanol–water partition coefficient (Wildman–Crippen LogP) is 7.07. The molecule has 3 aromatic rings. The Labute approximate surface area is 222 Å². The zero-order chi connectivity index (χ0) is 24.3. The largest absolute Gasteiger partial charge is 0.497 e. The first-order valence-corrected chi connectivity index (χ1v) is 12.9. The molecule has 2 aliphatic heterocycles. The first-order chi connectivity index (χ1) is 17.0. The fraction of sp³-hybridized carbons (Fsp3) is 0.419. The Bertz CT molecular complexity index is 1110. The van der Waals surface area contributed by atoms with Gasteiger partial charge in [0.15, 0.2) is 0 Å². The van der Waals surface area contributed by atoms with Crippen LogP contribution in [0.1, 0.15) is 61.6 Å². The molecule has 5 rings (SSSR count). The molecule has 1 fully saturated rings. The summed E-state index contributed by atoms with van der Waals surface area (Å²) in [5.74, 6) is 2.97. The minimum absolute atomic E-state index is 0. The second-order valence-corrected chi connectivity index (χ2v) is 10.3. The van der Waals surface area contributed by atoms with Gasteiger partial charge in [-0.25, -0.2) is 0 Å². The molecular weight excluding hydrogens is 470 g/mol. The van der Waals surface area contributed by atoms with Gasteiger partial charge in [-0.3, -0.25) is 0 Å². The average molecular weight is 508 g/mol. The van der Waals surface area contributed by atoms with E-state index < -0.39 is 5.60 Å². The summed E-state index contributed by atoms with van der Waals surface area (Å²) >= 11 is 0. The maximum Gasteiger partial charge on any atom is 0.127 e. The Morgan fingerprint density at radius 1 is 0.889 bits per heavy atom. The van der Waals surface area contributed by atoms with E-state index >= 15 is 0 Å². The van der Waals surface area contributed by atoms with Crippen LogP contribution in [-0.4, -0.2) is 43.9 Å². The van der Waals surface area contributed by atoms with E-state index in [1.807, 2.05) is 12.1 Å². The Hall–Kier alpha value is -2.69. The molecule has 4 nitrogen and oxygen atoms in total. The highest BCUT2D eigenvalue weighted by Crippen LogP contribution is 2.53. The summed E-state index contributed by atoms with van der Waals surface area (Å²) in [5.41, 5.74) is 3.35. The van der Waals surface area contributed by atoms with Crippen LogP contribution in [0.2, 0.25) is 0 Å². The summed E-state index contributed by atoms with van der Waals surface area (Å²) in [6.45, 7) is 8.76. The van der Waals surface area contributed by atoms with Crippen LogP contribution in [0.5, 0.6) is 17.2 Å². The van der Waals surface area contributed by atoms with Gasteiger partial charge in [-0.05, 0) is 75.5 Å². The van der Waals surface area contributed by atoms with Gasteiger partial charge in [-0.15, -0.1) is 12.4 Å². The average Bonchev–Trinajstić information content (AvgIpc) is 3.39. The smallest absolute Gasteiger partial charge is 0.127 e. The molecule has 2 unspecified atom stereocenters. The van der Waals surface area contributed by atoms with Crippen molar-refractivity contribution in [2.24, 2.45) is 0 Å². The third-order valence-electron chi connectivity index (χ3n) is 7.50. The summed E-state index contributed by atoms with van der Waals surface area (Å²) in [6.07, 6.45) is 3.75. The Balaban J connectivity index is 0.00000304. The van der Waals surface area contributed by atoms with Crippen LogP contribution < -0.4 is 14.2 Å². The first-order valence-electron chi connectivity index (χ1n) is 12.9. The molecule has 3 aromatic carbocycles. The summed E-state index contributed by atoms with van der Waals surface area (Å²) in [6, 6.07) is 25.7. The lowest BCUT2D eigenvalue weighted by molar-refractivity contribution is 0.0528. The number of likely N-dealkylation sites (tertiary alicyclic amines) is 1. The fourth-order valence-corrected chi connectivity index (χ4v) is 5.80. The van der Waals surface area contributed by atoms with Crippen molar-refractivity contribution in [2.75, 3.05) is 33.4 Å². The van der Waals surface area contributed by atoms with Crippen LogP contribution in [0, 0.1) is 0 Å². The van der Waals surface area contributed by atoms with Crippen molar-refractivity contribution in [1.82, 2.24) is 4.90 Å². The molecule has 2 aliphatic rings. The second-order valence-electron chi connectivity index (χ2n) is 10.3. The van der Waals surface area contributed by atoms with Gasteiger partial charge in [0.25, 0.3) is 0 Å². The van der Waals surface area contributed by atoms with Crippen LogP contribution in [0.25, 0.3) is 0 Å². The highest BCUT2D eigenvalue weighted by Gasteiger charge is 2.45. The number of hydrogen-bond acceptors (Lipinski definition) is 4. The molecule has 0 amide bonds. The molecule has 0 radical (unpaired) electrons. The van der Waals surface area contributed by atoms with E-state index in [9.17, 15) is 0 Å². The lowest BCUT2D eigenvalue weighted by Crippen LogP contribution is -2.43. The Kier molecular flexibility index (Phi) is 8.48. The lowest BCUT2D eigenvalue weighted by atomic mass is 9.68. The monoisotopic (exact) mass is 507 g/mol. The van der Waals surface area contributed by atoms with Crippen LogP contribution in [0.15, 0.2) is 72.8 Å².